The Morgan fingerprint density at radius 2 is 1.42 bits per heavy atom. The monoisotopic (exact) mass is 1190 g/mol. The van der Waals surface area contributed by atoms with E-state index in [0.717, 1.165) is 15.7 Å². The molecule has 4 aromatic carbocycles. The Balaban J connectivity index is 0.995. The quantitative estimate of drug-likeness (QED) is 0.0278. The molecule has 8 aromatic rings. The van der Waals surface area contributed by atoms with Crippen molar-refractivity contribution in [3.05, 3.63) is 148 Å². The molecule has 0 spiro atoms. The van der Waals surface area contributed by atoms with Crippen molar-refractivity contribution in [1.29, 1.82) is 5.26 Å². The highest BCUT2D eigenvalue weighted by atomic mass is 31.2. The fourth-order valence-corrected chi connectivity index (χ4v) is 10.9. The molecule has 4 N–H and O–H groups in total. The van der Waals surface area contributed by atoms with Gasteiger partial charge in [0.25, 0.3) is 11.5 Å². The molecule has 2 amide bonds. The fourth-order valence-electron chi connectivity index (χ4n) is 9.30. The number of anilines is 2. The van der Waals surface area contributed by atoms with Crippen LogP contribution in [0.1, 0.15) is 59.8 Å². The van der Waals surface area contributed by atoms with Gasteiger partial charge in [-0.3, -0.25) is 24.7 Å². The molecule has 2 aliphatic rings. The van der Waals surface area contributed by atoms with Gasteiger partial charge in [-0.05, 0) is 53.1 Å². The summed E-state index contributed by atoms with van der Waals surface area (Å²) in [6.45, 7) is 1.63. The van der Waals surface area contributed by atoms with Gasteiger partial charge >= 0.3 is 16.9 Å². The Bertz CT molecular complexity index is 3670. The van der Waals surface area contributed by atoms with E-state index < -0.39 is 108 Å². The van der Waals surface area contributed by atoms with Crippen LogP contribution in [-0.4, -0.2) is 137 Å². The molecule has 436 valence electrons. The summed E-state index contributed by atoms with van der Waals surface area (Å²) >= 11 is 0. The molecule has 84 heavy (non-hydrogen) atoms. The third-order valence-corrected chi connectivity index (χ3v) is 15.0. The van der Waals surface area contributed by atoms with E-state index in [9.17, 15) is 29.1 Å². The zero-order chi connectivity index (χ0) is 59.1. The lowest BCUT2D eigenvalue weighted by Gasteiger charge is -2.37. The number of aromatic amines is 1. The number of H-pyrrole nitrogens is 1. The molecule has 6 heterocycles. The van der Waals surface area contributed by atoms with Crippen molar-refractivity contribution in [2.24, 2.45) is 5.92 Å². The molecule has 2 saturated heterocycles. The number of hydrogen-bond donors (Lipinski definition) is 4. The van der Waals surface area contributed by atoms with Crippen LogP contribution in [0.15, 0.2) is 120 Å². The van der Waals surface area contributed by atoms with E-state index in [2.05, 4.69) is 51.2 Å². The lowest BCUT2D eigenvalue weighted by molar-refractivity contribution is -0.118. The molecular weight excluding hydrogens is 1140 g/mol. The molecule has 0 saturated carbocycles. The van der Waals surface area contributed by atoms with Crippen molar-refractivity contribution in [2.45, 2.75) is 75.1 Å². The number of rotatable bonds is 24. The first-order valence-corrected chi connectivity index (χ1v) is 28.0. The number of alkyl halides is 2. The third-order valence-electron chi connectivity index (χ3n) is 13.5. The highest BCUT2D eigenvalue weighted by Gasteiger charge is 2.55. The minimum Gasteiger partial charge on any atom is -0.497 e. The van der Waals surface area contributed by atoms with Gasteiger partial charge < -0.3 is 42.6 Å². The van der Waals surface area contributed by atoms with Crippen LogP contribution >= 0.6 is 16.9 Å². The first-order chi connectivity index (χ1) is 40.7. The van der Waals surface area contributed by atoms with E-state index in [1.54, 1.807) is 68.4 Å². The number of methoxy groups -OCH3 is 2. The summed E-state index contributed by atoms with van der Waals surface area (Å²) in [4.78, 5) is 64.0. The predicted octanol–water partition coefficient (Wildman–Crippen LogP) is 6.69. The van der Waals surface area contributed by atoms with Crippen molar-refractivity contribution in [3.8, 4) is 17.6 Å². The first-order valence-electron chi connectivity index (χ1n) is 25.8. The largest absolute Gasteiger partial charge is 0.695 e. The summed E-state index contributed by atoms with van der Waals surface area (Å²) in [7, 11) is -3.28. The fraction of sp³-hybridized carbons (Fsp3) is 0.340. The lowest BCUT2D eigenvalue weighted by atomic mass is 9.80. The number of fused-ring (bicyclic) bond motifs is 2. The number of carbonyl (C=O) groups excluding carboxylic acids is 2. The summed E-state index contributed by atoms with van der Waals surface area (Å²) in [6, 6.07) is 33.8. The molecule has 0 bridgehead atoms. The number of benzene rings is 4. The highest BCUT2D eigenvalue weighted by molar-refractivity contribution is 7.41. The molecule has 2 unspecified atom stereocenters. The number of hydrogen-bond acceptors (Lipinski definition) is 21. The van der Waals surface area contributed by atoms with Crippen molar-refractivity contribution >= 4 is 62.8 Å². The van der Waals surface area contributed by atoms with Gasteiger partial charge in [-0.15, -0.1) is 19.6 Å². The average molecular weight is 1200 g/mol. The Morgan fingerprint density at radius 1 is 0.798 bits per heavy atom. The number of aromatic nitrogens is 10. The van der Waals surface area contributed by atoms with Gasteiger partial charge in [-0.1, -0.05) is 97.1 Å². The highest BCUT2D eigenvalue weighted by Crippen LogP contribution is 2.50. The number of nitrogens with zero attached hydrogens (tertiary/aromatic N) is 10. The van der Waals surface area contributed by atoms with E-state index in [4.69, 9.17) is 41.8 Å². The topological polar surface area (TPSA) is 335 Å². The van der Waals surface area contributed by atoms with Gasteiger partial charge in [0.2, 0.25) is 11.9 Å². The molecule has 2 aliphatic heterocycles. The van der Waals surface area contributed by atoms with E-state index in [0.29, 0.717) is 33.8 Å². The van der Waals surface area contributed by atoms with E-state index in [1.165, 1.54) is 14.2 Å². The summed E-state index contributed by atoms with van der Waals surface area (Å²) < 4.78 is 103. The van der Waals surface area contributed by atoms with Crippen molar-refractivity contribution in [2.75, 3.05) is 44.7 Å². The summed E-state index contributed by atoms with van der Waals surface area (Å²) in [6.07, 6.45) is -13.8. The normalized spacial score (nSPS) is 21.1. The van der Waals surface area contributed by atoms with Gasteiger partial charge in [0.15, 0.2) is 59.0 Å². The van der Waals surface area contributed by atoms with Gasteiger partial charge in [-0.25, -0.2) is 18.7 Å². The predicted molar refractivity (Wildman–Crippen MR) is 291 cm³/mol. The molecule has 0 radical (unpaired) electrons. The molecule has 10 rings (SSSR count). The molecule has 10 atom stereocenters. The Hall–Kier alpha value is -8.26. The number of nitrogens with one attached hydrogen (secondary N) is 3. The molecular formula is C53H52F2N13O14P2+. The number of carbonyl (C=O) groups is 2. The molecule has 31 heteroatoms. The Labute approximate surface area is 477 Å². The van der Waals surface area contributed by atoms with Gasteiger partial charge in [0, 0.05) is 16.0 Å². The minimum atomic E-state index is -3.51. The summed E-state index contributed by atoms with van der Waals surface area (Å²) in [5, 5.41) is 31.0. The van der Waals surface area contributed by atoms with Crippen LogP contribution in [0, 0.1) is 17.2 Å². The van der Waals surface area contributed by atoms with E-state index in [1.807, 2.05) is 60.7 Å². The number of amides is 2. The van der Waals surface area contributed by atoms with Crippen LogP contribution < -0.4 is 25.7 Å². The molecule has 27 nitrogen and oxygen atoms in total. The first kappa shape index (κ1) is 58.9. The van der Waals surface area contributed by atoms with Gasteiger partial charge in [0.1, 0.15) is 41.7 Å². The van der Waals surface area contributed by atoms with Crippen LogP contribution in [0.2, 0.25) is 0 Å². The summed E-state index contributed by atoms with van der Waals surface area (Å²) in [5.74, 6) is -0.808. The van der Waals surface area contributed by atoms with E-state index >= 15 is 8.78 Å². The zero-order valence-corrected chi connectivity index (χ0v) is 46.7. The van der Waals surface area contributed by atoms with Crippen LogP contribution in [0.3, 0.4) is 0 Å². The second-order valence-electron chi connectivity index (χ2n) is 19.0. The standard InChI is InChI=1S/C53H51F2N13O14P2/c1-29(2)47(69)61-52-60-46-41(49(71)62-52)64-66-68(46)51-43(81-83(72)73)38(54)36(79-51)27-78-84(77-25-11-24-56)82-42-37(80-50(39(42)55)67-45-40(63-65-67)44(57-28-58-45)59-48(70)30-12-7-5-8-13-30)26-76-53(31-14-9-6-10-15-31,32-16-20-34(74-3)21-17-32)33-18-22-35(75-4)23-19-33/h5-10,12-23,28-29,36-39,42-43,50-51H,11,25-27H2,1-4H3,(H3-,57,58,59,60,61,62,65,66,69,70,71,72,73)/p+1/t36-,37-,38-,39+,42-,43+,50-,51-,84?/m1/s1. The number of ether oxygens (including phenoxy) is 5. The maximum Gasteiger partial charge on any atom is 0.695 e. The van der Waals surface area contributed by atoms with Gasteiger partial charge in [-0.2, -0.15) is 19.6 Å². The van der Waals surface area contributed by atoms with Crippen LogP contribution in [0.25, 0.3) is 22.3 Å². The van der Waals surface area contributed by atoms with E-state index in [-0.39, 0.29) is 47.1 Å². The van der Waals surface area contributed by atoms with Crippen LogP contribution in [-0.2, 0) is 47.3 Å². The smallest absolute Gasteiger partial charge is 0.497 e. The van der Waals surface area contributed by atoms with Crippen LogP contribution in [0.4, 0.5) is 20.5 Å². The van der Waals surface area contributed by atoms with Crippen molar-refractivity contribution in [1.82, 2.24) is 49.9 Å². The third kappa shape index (κ3) is 12.4. The Morgan fingerprint density at radius 3 is 2.05 bits per heavy atom. The second-order valence-corrected chi connectivity index (χ2v) is 20.8. The minimum absolute atomic E-state index is 0.0224. The maximum absolute atomic E-state index is 18.0. The van der Waals surface area contributed by atoms with Crippen molar-refractivity contribution < 1.29 is 69.6 Å². The molecule has 2 fully saturated rings. The van der Waals surface area contributed by atoms with Crippen molar-refractivity contribution in [3.63, 3.8) is 0 Å². The maximum atomic E-state index is 18.0. The SMILES string of the molecule is COc1ccc(C(OC[C@H]2O[C@@H](n3nnc4c(NC(=O)c5ccccc5)ncnc43)[C@@H](F)[C@@H]2OP(OCCC#N)OC[C@H]2O[C@@H](n3nnc4c(=O)[nH]c(NC(=O)C(C)C)nc43)[C@@H](O[P+](=O)O)[C@@H]2F)(c2ccccc2)c2ccc(OC)cc2)cc1. The summed E-state index contributed by atoms with van der Waals surface area (Å²) in [5.41, 5.74) is -0.905. The zero-order valence-electron chi connectivity index (χ0n) is 44.9. The van der Waals surface area contributed by atoms with Crippen LogP contribution in [0.5, 0.6) is 11.5 Å². The number of halogens is 2. The van der Waals surface area contributed by atoms with Gasteiger partial charge in [0.05, 0.1) is 46.5 Å². The molecule has 0 aliphatic carbocycles. The average Bonchev–Trinajstić information content (AvgIpc) is 2.91. The number of nitriles is 1. The lowest BCUT2D eigenvalue weighted by Crippen LogP contribution is -2.40. The second kappa shape index (κ2) is 26.1. The molecule has 4 aromatic heterocycles. The Kier molecular flexibility index (Phi) is 18.3.